The van der Waals surface area contributed by atoms with Crippen molar-refractivity contribution in [2.24, 2.45) is 5.92 Å². The zero-order chi connectivity index (χ0) is 15.2. The molecular weight excluding hydrogens is 338 g/mol. The van der Waals surface area contributed by atoms with Crippen molar-refractivity contribution in [3.63, 3.8) is 0 Å². The van der Waals surface area contributed by atoms with E-state index in [0.717, 1.165) is 35.7 Å². The van der Waals surface area contributed by atoms with Gasteiger partial charge in [0.25, 0.3) is 0 Å². The van der Waals surface area contributed by atoms with Gasteiger partial charge in [0.15, 0.2) is 0 Å². The predicted octanol–water partition coefficient (Wildman–Crippen LogP) is 3.78. The summed E-state index contributed by atoms with van der Waals surface area (Å²) in [5, 5.41) is 0.906. The molecule has 3 nitrogen and oxygen atoms in total. The summed E-state index contributed by atoms with van der Waals surface area (Å²) in [4.78, 5) is 0.356. The van der Waals surface area contributed by atoms with Crippen LogP contribution in [0.15, 0.2) is 23.1 Å². The van der Waals surface area contributed by atoms with Crippen LogP contribution in [0.5, 0.6) is 0 Å². The maximum Gasteiger partial charge on any atom is 0.240 e. The van der Waals surface area contributed by atoms with E-state index in [4.69, 9.17) is 0 Å². The van der Waals surface area contributed by atoms with Crippen LogP contribution in [0.25, 0.3) is 0 Å². The Morgan fingerprint density at radius 2 is 1.90 bits per heavy atom. The molecule has 0 saturated carbocycles. The molecule has 0 aliphatic heterocycles. The van der Waals surface area contributed by atoms with Gasteiger partial charge in [0.1, 0.15) is 0 Å². The smallest absolute Gasteiger partial charge is 0.211 e. The highest BCUT2D eigenvalue weighted by molar-refractivity contribution is 9.09. The first-order valence-corrected chi connectivity index (χ1v) is 9.64. The van der Waals surface area contributed by atoms with Gasteiger partial charge in [0.2, 0.25) is 10.0 Å². The summed E-state index contributed by atoms with van der Waals surface area (Å²) in [6.45, 7) is 6.54. The average molecular weight is 362 g/mol. The first-order chi connectivity index (χ1) is 9.40. The molecule has 0 aromatic heterocycles. The lowest BCUT2D eigenvalue weighted by Gasteiger charge is -2.16. The number of rotatable bonds is 8. The number of hydrogen-bond donors (Lipinski definition) is 1. The summed E-state index contributed by atoms with van der Waals surface area (Å²) in [6, 6.07) is 5.26. The Kier molecular flexibility index (Phi) is 7.20. The zero-order valence-electron chi connectivity index (χ0n) is 12.4. The molecule has 0 aliphatic carbocycles. The third-order valence-corrected chi connectivity index (χ3v) is 5.44. The average Bonchev–Trinajstić information content (AvgIpc) is 2.39. The van der Waals surface area contributed by atoms with Crippen molar-refractivity contribution >= 4 is 26.0 Å². The Bertz CT molecular complexity index is 523. The van der Waals surface area contributed by atoms with Crippen LogP contribution in [0.3, 0.4) is 0 Å². The van der Waals surface area contributed by atoms with E-state index in [0.29, 0.717) is 17.4 Å². The highest BCUT2D eigenvalue weighted by atomic mass is 79.9. The first-order valence-electron chi connectivity index (χ1n) is 7.03. The summed E-state index contributed by atoms with van der Waals surface area (Å²) < 4.78 is 27.3. The normalized spacial score (nSPS) is 13.4. The molecule has 0 bridgehead atoms. The van der Waals surface area contributed by atoms with E-state index in [-0.39, 0.29) is 0 Å². The van der Waals surface area contributed by atoms with Crippen molar-refractivity contribution in [1.82, 2.24) is 4.72 Å². The molecular formula is C15H24BrNO2S. The van der Waals surface area contributed by atoms with Gasteiger partial charge < -0.3 is 0 Å². The highest BCUT2D eigenvalue weighted by Gasteiger charge is 2.17. The minimum absolute atomic E-state index is 0.356. The number of aryl methyl sites for hydroxylation is 2. The van der Waals surface area contributed by atoms with Gasteiger partial charge in [0.05, 0.1) is 4.90 Å². The van der Waals surface area contributed by atoms with E-state index in [9.17, 15) is 8.42 Å². The summed E-state index contributed by atoms with van der Waals surface area (Å²) in [5.74, 6) is 0.390. The van der Waals surface area contributed by atoms with E-state index in [1.807, 2.05) is 19.9 Å². The van der Waals surface area contributed by atoms with Crippen molar-refractivity contribution in [2.45, 2.75) is 44.9 Å². The summed E-state index contributed by atoms with van der Waals surface area (Å²) in [6.07, 6.45) is 3.10. The predicted molar refractivity (Wildman–Crippen MR) is 87.9 cm³/mol. The number of benzene rings is 1. The van der Waals surface area contributed by atoms with Crippen LogP contribution in [0.2, 0.25) is 0 Å². The minimum atomic E-state index is -3.40. The molecule has 1 N–H and O–H groups in total. The van der Waals surface area contributed by atoms with Crippen LogP contribution >= 0.6 is 15.9 Å². The van der Waals surface area contributed by atoms with Crippen LogP contribution < -0.4 is 4.72 Å². The van der Waals surface area contributed by atoms with Crippen molar-refractivity contribution in [3.8, 4) is 0 Å². The fraction of sp³-hybridized carbons (Fsp3) is 0.600. The molecule has 1 atom stereocenters. The van der Waals surface area contributed by atoms with Gasteiger partial charge >= 0.3 is 0 Å². The van der Waals surface area contributed by atoms with Gasteiger partial charge in [-0.15, -0.1) is 0 Å². The van der Waals surface area contributed by atoms with Crippen molar-refractivity contribution in [2.75, 3.05) is 11.9 Å². The van der Waals surface area contributed by atoms with E-state index in [1.54, 1.807) is 12.1 Å². The molecule has 5 heteroatoms. The molecule has 0 heterocycles. The lowest BCUT2D eigenvalue weighted by atomic mass is 10.0. The van der Waals surface area contributed by atoms with Crippen LogP contribution in [0, 0.1) is 19.8 Å². The Hall–Kier alpha value is -0.390. The molecule has 1 aromatic carbocycles. The number of hydrogen-bond acceptors (Lipinski definition) is 2. The molecule has 0 amide bonds. The maximum atomic E-state index is 12.3. The van der Waals surface area contributed by atoms with Crippen LogP contribution in [0.4, 0.5) is 0 Å². The van der Waals surface area contributed by atoms with Crippen molar-refractivity contribution < 1.29 is 8.42 Å². The molecule has 0 fully saturated rings. The second kappa shape index (κ2) is 8.15. The fourth-order valence-corrected chi connectivity index (χ4v) is 3.95. The Labute approximate surface area is 131 Å². The summed E-state index contributed by atoms with van der Waals surface area (Å²) in [7, 11) is -3.40. The van der Waals surface area contributed by atoms with Gasteiger partial charge in [-0.2, -0.15) is 0 Å². The Morgan fingerprint density at radius 1 is 1.20 bits per heavy atom. The monoisotopic (exact) mass is 361 g/mol. The topological polar surface area (TPSA) is 46.2 Å². The van der Waals surface area contributed by atoms with Crippen LogP contribution in [0.1, 0.15) is 37.3 Å². The van der Waals surface area contributed by atoms with E-state index < -0.39 is 10.0 Å². The Morgan fingerprint density at radius 3 is 2.45 bits per heavy atom. The molecule has 1 unspecified atom stereocenters. The lowest BCUT2D eigenvalue weighted by molar-refractivity contribution is 0.459. The molecule has 20 heavy (non-hydrogen) atoms. The van der Waals surface area contributed by atoms with Crippen LogP contribution in [-0.2, 0) is 10.0 Å². The highest BCUT2D eigenvalue weighted by Crippen LogP contribution is 2.16. The zero-order valence-corrected chi connectivity index (χ0v) is 14.9. The van der Waals surface area contributed by atoms with Gasteiger partial charge in [-0.1, -0.05) is 35.3 Å². The van der Waals surface area contributed by atoms with E-state index >= 15 is 0 Å². The molecule has 0 spiro atoms. The molecule has 0 saturated heterocycles. The molecule has 1 aromatic rings. The largest absolute Gasteiger partial charge is 0.240 e. The number of sulfonamides is 1. The fourth-order valence-electron chi connectivity index (χ4n) is 2.10. The second-order valence-electron chi connectivity index (χ2n) is 5.23. The standard InChI is InChI=1S/C15H24BrNO2S/c1-4-5-14(8-9-16)11-17-20(18,19)15-7-6-12(2)13(3)10-15/h6-7,10,14,17H,4-5,8-9,11H2,1-3H3. The third-order valence-electron chi connectivity index (χ3n) is 3.56. The summed E-state index contributed by atoms with van der Waals surface area (Å²) >= 11 is 3.43. The number of halogens is 1. The van der Waals surface area contributed by atoms with Crippen molar-refractivity contribution in [3.05, 3.63) is 29.3 Å². The second-order valence-corrected chi connectivity index (χ2v) is 7.79. The number of nitrogens with one attached hydrogen (secondary N) is 1. The third kappa shape index (κ3) is 5.19. The van der Waals surface area contributed by atoms with Crippen LogP contribution in [-0.4, -0.2) is 20.3 Å². The minimum Gasteiger partial charge on any atom is -0.211 e. The number of alkyl halides is 1. The SMILES string of the molecule is CCCC(CCBr)CNS(=O)(=O)c1ccc(C)c(C)c1. The van der Waals surface area contributed by atoms with Crippen molar-refractivity contribution in [1.29, 1.82) is 0 Å². The lowest BCUT2D eigenvalue weighted by Crippen LogP contribution is -2.29. The van der Waals surface area contributed by atoms with E-state index in [2.05, 4.69) is 27.6 Å². The molecule has 1 rings (SSSR count). The van der Waals surface area contributed by atoms with Gasteiger partial charge in [-0.3, -0.25) is 0 Å². The quantitative estimate of drug-likeness (QED) is 0.716. The summed E-state index contributed by atoms with van der Waals surface area (Å²) in [5.41, 5.74) is 2.10. The molecule has 0 radical (unpaired) electrons. The molecule has 0 aliphatic rings. The maximum absolute atomic E-state index is 12.3. The van der Waals surface area contributed by atoms with Gasteiger partial charge in [-0.05, 0) is 55.9 Å². The van der Waals surface area contributed by atoms with Gasteiger partial charge in [-0.25, -0.2) is 13.1 Å². The van der Waals surface area contributed by atoms with Gasteiger partial charge in [0, 0.05) is 11.9 Å². The Balaban J connectivity index is 2.75. The first kappa shape index (κ1) is 17.7. The van der Waals surface area contributed by atoms with E-state index in [1.165, 1.54) is 0 Å². The molecule has 114 valence electrons.